The molecule has 0 aliphatic rings. The number of likely N-dealkylation sites (N-methyl/N-ethyl adjacent to an activating group) is 1. The summed E-state index contributed by atoms with van der Waals surface area (Å²) in [5.41, 5.74) is 5.47. The lowest BCUT2D eigenvalue weighted by Gasteiger charge is -2.17. The van der Waals surface area contributed by atoms with Gasteiger partial charge in [-0.05, 0) is 38.4 Å². The van der Waals surface area contributed by atoms with Crippen LogP contribution in [0.2, 0.25) is 0 Å². The summed E-state index contributed by atoms with van der Waals surface area (Å²) >= 11 is 0. The van der Waals surface area contributed by atoms with Crippen LogP contribution in [-0.2, 0) is 6.42 Å². The molecule has 0 amide bonds. The first-order chi connectivity index (χ1) is 9.19. The van der Waals surface area contributed by atoms with Crippen LogP contribution in [0.4, 0.5) is 0 Å². The molecule has 0 radical (unpaired) electrons. The Kier molecular flexibility index (Phi) is 4.75. The van der Waals surface area contributed by atoms with Crippen LogP contribution in [0.5, 0.6) is 0 Å². The zero-order valence-corrected chi connectivity index (χ0v) is 12.1. The predicted octanol–water partition coefficient (Wildman–Crippen LogP) is 3.85. The van der Waals surface area contributed by atoms with E-state index in [0.717, 1.165) is 13.0 Å². The molecule has 1 nitrogen and oxygen atoms in total. The Hall–Kier alpha value is -1.60. The van der Waals surface area contributed by atoms with Crippen molar-refractivity contribution in [3.05, 3.63) is 70.8 Å². The van der Waals surface area contributed by atoms with Gasteiger partial charge in [0.25, 0.3) is 0 Å². The molecule has 0 spiro atoms. The highest BCUT2D eigenvalue weighted by Gasteiger charge is 2.11. The monoisotopic (exact) mass is 253 g/mol. The fourth-order valence-electron chi connectivity index (χ4n) is 2.40. The van der Waals surface area contributed by atoms with Crippen LogP contribution in [0.3, 0.4) is 0 Å². The summed E-state index contributed by atoms with van der Waals surface area (Å²) in [6, 6.07) is 17.8. The third-order valence-electron chi connectivity index (χ3n) is 3.60. The Morgan fingerprint density at radius 1 is 0.842 bits per heavy atom. The van der Waals surface area contributed by atoms with Crippen LogP contribution >= 0.6 is 0 Å². The maximum atomic E-state index is 3.31. The summed E-state index contributed by atoms with van der Waals surface area (Å²) in [5, 5.41) is 3.31. The summed E-state index contributed by atoms with van der Waals surface area (Å²) in [6.07, 6.45) is 1.09. The molecule has 1 unspecified atom stereocenters. The van der Waals surface area contributed by atoms with E-state index >= 15 is 0 Å². The molecular formula is C18H23N. The van der Waals surface area contributed by atoms with E-state index in [-0.39, 0.29) is 0 Å². The second kappa shape index (κ2) is 6.53. The topological polar surface area (TPSA) is 12.0 Å². The molecule has 1 N–H and O–H groups in total. The first kappa shape index (κ1) is 13.8. The number of aryl methyl sites for hydroxylation is 2. The summed E-state index contributed by atoms with van der Waals surface area (Å²) in [5.74, 6) is 0.535. The van der Waals surface area contributed by atoms with Crippen LogP contribution < -0.4 is 5.32 Å². The third kappa shape index (κ3) is 3.93. The second-order valence-electron chi connectivity index (χ2n) is 5.36. The fraction of sp³-hybridized carbons (Fsp3) is 0.333. The van der Waals surface area contributed by atoms with Crippen LogP contribution in [0.1, 0.15) is 28.2 Å². The Labute approximate surface area is 116 Å². The molecule has 0 bridgehead atoms. The third-order valence-corrected chi connectivity index (χ3v) is 3.60. The van der Waals surface area contributed by atoms with E-state index in [4.69, 9.17) is 0 Å². The minimum absolute atomic E-state index is 0.535. The van der Waals surface area contributed by atoms with Gasteiger partial charge in [0.1, 0.15) is 0 Å². The van der Waals surface area contributed by atoms with E-state index in [0.29, 0.717) is 5.92 Å². The molecule has 2 aromatic carbocycles. The zero-order chi connectivity index (χ0) is 13.7. The predicted molar refractivity (Wildman–Crippen MR) is 82.7 cm³/mol. The molecule has 0 saturated carbocycles. The van der Waals surface area contributed by atoms with Gasteiger partial charge in [-0.15, -0.1) is 0 Å². The van der Waals surface area contributed by atoms with Crippen LogP contribution in [0.25, 0.3) is 0 Å². The average molecular weight is 253 g/mol. The largest absolute Gasteiger partial charge is 0.319 e. The Bertz CT molecular complexity index is 496. The van der Waals surface area contributed by atoms with Gasteiger partial charge in [-0.3, -0.25) is 0 Å². The van der Waals surface area contributed by atoms with Crippen molar-refractivity contribution in [2.24, 2.45) is 0 Å². The minimum atomic E-state index is 0.535. The minimum Gasteiger partial charge on any atom is -0.319 e. The van der Waals surface area contributed by atoms with Crippen LogP contribution in [-0.4, -0.2) is 13.6 Å². The van der Waals surface area contributed by atoms with Gasteiger partial charge >= 0.3 is 0 Å². The lowest BCUT2D eigenvalue weighted by molar-refractivity contribution is 0.625. The Morgan fingerprint density at radius 2 is 1.37 bits per heavy atom. The molecule has 0 heterocycles. The number of hydrogen-bond acceptors (Lipinski definition) is 1. The van der Waals surface area contributed by atoms with Crippen molar-refractivity contribution in [3.63, 3.8) is 0 Å². The van der Waals surface area contributed by atoms with Crippen molar-refractivity contribution in [1.29, 1.82) is 0 Å². The molecule has 100 valence electrons. The molecule has 2 aromatic rings. The zero-order valence-electron chi connectivity index (χ0n) is 12.1. The number of nitrogens with one attached hydrogen (secondary N) is 1. The molecule has 1 heteroatoms. The van der Waals surface area contributed by atoms with Gasteiger partial charge in [-0.1, -0.05) is 59.7 Å². The highest BCUT2D eigenvalue weighted by atomic mass is 14.8. The number of rotatable bonds is 5. The Balaban J connectivity index is 2.15. The second-order valence-corrected chi connectivity index (χ2v) is 5.36. The highest BCUT2D eigenvalue weighted by Crippen LogP contribution is 2.21. The maximum Gasteiger partial charge on any atom is 0.00203 e. The van der Waals surface area contributed by atoms with Gasteiger partial charge in [-0.2, -0.15) is 0 Å². The molecular weight excluding hydrogens is 230 g/mol. The van der Waals surface area contributed by atoms with E-state index in [1.165, 1.54) is 22.3 Å². The quantitative estimate of drug-likeness (QED) is 0.853. The molecule has 0 aliphatic heterocycles. The standard InChI is InChI=1S/C18H23N/c1-14-4-8-16(9-5-14)12-18(13-19-3)17-10-6-15(2)7-11-17/h4-11,18-19H,12-13H2,1-3H3. The van der Waals surface area contributed by atoms with E-state index in [2.05, 4.69) is 67.7 Å². The molecule has 1 atom stereocenters. The summed E-state index contributed by atoms with van der Waals surface area (Å²) in [4.78, 5) is 0. The molecule has 0 fully saturated rings. The molecule has 0 saturated heterocycles. The van der Waals surface area contributed by atoms with Crippen LogP contribution in [0.15, 0.2) is 48.5 Å². The van der Waals surface area contributed by atoms with Gasteiger partial charge in [0.15, 0.2) is 0 Å². The number of benzene rings is 2. The van der Waals surface area contributed by atoms with E-state index in [1.54, 1.807) is 0 Å². The molecule has 0 aliphatic carbocycles. The summed E-state index contributed by atoms with van der Waals surface area (Å²) in [7, 11) is 2.02. The fourth-order valence-corrected chi connectivity index (χ4v) is 2.40. The summed E-state index contributed by atoms with van der Waals surface area (Å²) < 4.78 is 0. The molecule has 19 heavy (non-hydrogen) atoms. The Morgan fingerprint density at radius 3 is 1.89 bits per heavy atom. The van der Waals surface area contributed by atoms with Crippen molar-refractivity contribution in [1.82, 2.24) is 5.32 Å². The van der Waals surface area contributed by atoms with Gasteiger partial charge in [0.05, 0.1) is 0 Å². The van der Waals surface area contributed by atoms with Crippen LogP contribution in [0, 0.1) is 13.8 Å². The lowest BCUT2D eigenvalue weighted by atomic mass is 9.91. The average Bonchev–Trinajstić information content (AvgIpc) is 2.42. The van der Waals surface area contributed by atoms with Crippen molar-refractivity contribution < 1.29 is 0 Å². The highest BCUT2D eigenvalue weighted by molar-refractivity contribution is 5.28. The van der Waals surface area contributed by atoms with Crippen molar-refractivity contribution >= 4 is 0 Å². The van der Waals surface area contributed by atoms with E-state index < -0.39 is 0 Å². The first-order valence-corrected chi connectivity index (χ1v) is 6.96. The normalized spacial score (nSPS) is 12.4. The van der Waals surface area contributed by atoms with Gasteiger partial charge < -0.3 is 5.32 Å². The van der Waals surface area contributed by atoms with E-state index in [1.807, 2.05) is 7.05 Å². The van der Waals surface area contributed by atoms with Gasteiger partial charge in [0.2, 0.25) is 0 Å². The number of hydrogen-bond donors (Lipinski definition) is 1. The van der Waals surface area contributed by atoms with Gasteiger partial charge in [0, 0.05) is 12.5 Å². The van der Waals surface area contributed by atoms with Crippen molar-refractivity contribution in [2.75, 3.05) is 13.6 Å². The summed E-state index contributed by atoms with van der Waals surface area (Å²) in [6.45, 7) is 5.28. The van der Waals surface area contributed by atoms with E-state index in [9.17, 15) is 0 Å². The molecule has 2 rings (SSSR count). The van der Waals surface area contributed by atoms with Crippen molar-refractivity contribution in [2.45, 2.75) is 26.2 Å². The SMILES string of the molecule is CNCC(Cc1ccc(C)cc1)c1ccc(C)cc1. The molecule has 0 aromatic heterocycles. The van der Waals surface area contributed by atoms with Gasteiger partial charge in [-0.25, -0.2) is 0 Å². The maximum absolute atomic E-state index is 3.31. The lowest BCUT2D eigenvalue weighted by Crippen LogP contribution is -2.19. The van der Waals surface area contributed by atoms with Crippen molar-refractivity contribution in [3.8, 4) is 0 Å². The smallest absolute Gasteiger partial charge is 0.00203 e. The first-order valence-electron chi connectivity index (χ1n) is 6.96.